The Balaban J connectivity index is 1.67. The maximum atomic E-state index is 9.33. The van der Waals surface area contributed by atoms with Crippen LogP contribution in [0.25, 0.3) is 22.3 Å². The van der Waals surface area contributed by atoms with E-state index in [4.69, 9.17) is 19.3 Å². The van der Waals surface area contributed by atoms with Gasteiger partial charge in [0.25, 0.3) is 0 Å². The Kier molecular flexibility index (Phi) is 8.61. The molecule has 0 aliphatic carbocycles. The summed E-state index contributed by atoms with van der Waals surface area (Å²) in [7, 11) is -1.19. The van der Waals surface area contributed by atoms with Gasteiger partial charge in [-0.15, -0.1) is 0 Å². The predicted octanol–water partition coefficient (Wildman–Crippen LogP) is 4.18. The van der Waals surface area contributed by atoms with Crippen molar-refractivity contribution in [2.24, 2.45) is 0 Å². The van der Waals surface area contributed by atoms with Gasteiger partial charge in [0.2, 0.25) is 0 Å². The third-order valence-electron chi connectivity index (χ3n) is 6.10. The first-order chi connectivity index (χ1) is 17.2. The highest BCUT2D eigenvalue weighted by atomic mass is 28.3. The number of nitrogens with zero attached hydrogens (tertiary/aromatic N) is 5. The molecule has 196 valence electrons. The fourth-order valence-corrected chi connectivity index (χ4v) is 5.00. The van der Waals surface area contributed by atoms with Crippen LogP contribution < -0.4 is 9.64 Å². The molecule has 0 radical (unpaired) electrons. The van der Waals surface area contributed by atoms with Crippen molar-refractivity contribution < 1.29 is 19.3 Å². The summed E-state index contributed by atoms with van der Waals surface area (Å²) in [6.07, 6.45) is 2.28. The maximum Gasteiger partial charge on any atom is 0.140 e. The first-order valence-electron chi connectivity index (χ1n) is 12.8. The fourth-order valence-electron chi connectivity index (χ4n) is 4.25. The number of fused-ring (bicyclic) bond motifs is 1. The Morgan fingerprint density at radius 1 is 1.19 bits per heavy atom. The van der Waals surface area contributed by atoms with E-state index in [2.05, 4.69) is 34.5 Å². The molecule has 2 aromatic heterocycles. The Bertz CT molecular complexity index is 1150. The molecule has 10 heteroatoms. The van der Waals surface area contributed by atoms with Crippen LogP contribution in [0.3, 0.4) is 0 Å². The third-order valence-corrected chi connectivity index (χ3v) is 7.80. The van der Waals surface area contributed by atoms with E-state index >= 15 is 0 Å². The van der Waals surface area contributed by atoms with E-state index < -0.39 is 8.07 Å². The summed E-state index contributed by atoms with van der Waals surface area (Å²) in [5, 5.41) is 15.1. The molecule has 3 aromatic rings. The van der Waals surface area contributed by atoms with Gasteiger partial charge in [0, 0.05) is 45.8 Å². The molecule has 36 heavy (non-hydrogen) atoms. The SMILES string of the molecule is CC(C)Oc1ccc2nn(COCC[Si](C)(C)C)c(-c3cc(N4CCOC(CCO)C4)ncn3)c2c1. The average Bonchev–Trinajstić information content (AvgIpc) is 3.19. The Labute approximate surface area is 214 Å². The molecule has 0 bridgehead atoms. The molecule has 0 saturated carbocycles. The van der Waals surface area contributed by atoms with Crippen LogP contribution in [-0.4, -0.2) is 78.0 Å². The van der Waals surface area contributed by atoms with Crippen LogP contribution in [0.15, 0.2) is 30.6 Å². The third kappa shape index (κ3) is 6.82. The molecule has 1 aromatic carbocycles. The highest BCUT2D eigenvalue weighted by Gasteiger charge is 2.23. The molecule has 1 aliphatic rings. The smallest absolute Gasteiger partial charge is 0.140 e. The number of rotatable bonds is 11. The highest BCUT2D eigenvalue weighted by Crippen LogP contribution is 2.32. The van der Waals surface area contributed by atoms with Gasteiger partial charge >= 0.3 is 0 Å². The summed E-state index contributed by atoms with van der Waals surface area (Å²) in [5.74, 6) is 1.63. The monoisotopic (exact) mass is 513 g/mol. The zero-order valence-electron chi connectivity index (χ0n) is 22.1. The number of hydrogen-bond acceptors (Lipinski definition) is 8. The minimum atomic E-state index is -1.19. The van der Waals surface area contributed by atoms with E-state index in [1.165, 1.54) is 0 Å². The summed E-state index contributed by atoms with van der Waals surface area (Å²) in [6, 6.07) is 9.07. The zero-order valence-corrected chi connectivity index (χ0v) is 23.1. The van der Waals surface area contributed by atoms with Crippen molar-refractivity contribution in [3.8, 4) is 17.1 Å². The molecular formula is C26H39N5O4Si. The molecule has 1 atom stereocenters. The summed E-state index contributed by atoms with van der Waals surface area (Å²) < 4.78 is 19.7. The van der Waals surface area contributed by atoms with E-state index in [-0.39, 0.29) is 18.8 Å². The van der Waals surface area contributed by atoms with E-state index in [1.54, 1.807) is 6.33 Å². The highest BCUT2D eigenvalue weighted by molar-refractivity contribution is 6.76. The van der Waals surface area contributed by atoms with Crippen molar-refractivity contribution in [2.45, 2.75) is 64.9 Å². The summed E-state index contributed by atoms with van der Waals surface area (Å²) in [4.78, 5) is 11.4. The summed E-state index contributed by atoms with van der Waals surface area (Å²) >= 11 is 0. The normalized spacial score (nSPS) is 16.8. The van der Waals surface area contributed by atoms with Gasteiger partial charge in [-0.05, 0) is 44.5 Å². The van der Waals surface area contributed by atoms with Gasteiger partial charge in [-0.25, -0.2) is 14.6 Å². The first-order valence-corrected chi connectivity index (χ1v) is 16.5. The van der Waals surface area contributed by atoms with Crippen molar-refractivity contribution in [2.75, 3.05) is 37.8 Å². The van der Waals surface area contributed by atoms with Crippen LogP contribution in [0.5, 0.6) is 5.75 Å². The second-order valence-electron chi connectivity index (χ2n) is 10.8. The number of aromatic nitrogens is 4. The van der Waals surface area contributed by atoms with Crippen molar-refractivity contribution >= 4 is 24.8 Å². The predicted molar refractivity (Wildman–Crippen MR) is 144 cm³/mol. The minimum Gasteiger partial charge on any atom is -0.491 e. The molecule has 0 spiro atoms. The lowest BCUT2D eigenvalue weighted by Crippen LogP contribution is -2.43. The average molecular weight is 514 g/mol. The lowest BCUT2D eigenvalue weighted by atomic mass is 10.1. The van der Waals surface area contributed by atoms with Crippen LogP contribution in [-0.2, 0) is 16.2 Å². The summed E-state index contributed by atoms with van der Waals surface area (Å²) in [5.41, 5.74) is 2.53. The number of aliphatic hydroxyl groups excluding tert-OH is 1. The molecule has 4 rings (SSSR count). The Morgan fingerprint density at radius 3 is 2.78 bits per heavy atom. The van der Waals surface area contributed by atoms with Crippen LogP contribution >= 0.6 is 0 Å². The first kappa shape index (κ1) is 26.5. The van der Waals surface area contributed by atoms with Gasteiger partial charge in [-0.1, -0.05) is 19.6 Å². The topological polar surface area (TPSA) is 94.8 Å². The van der Waals surface area contributed by atoms with Crippen molar-refractivity contribution in [3.05, 3.63) is 30.6 Å². The number of aliphatic hydroxyl groups is 1. The molecule has 3 heterocycles. The Morgan fingerprint density at radius 2 is 2.03 bits per heavy atom. The maximum absolute atomic E-state index is 9.33. The lowest BCUT2D eigenvalue weighted by Gasteiger charge is -2.33. The Hall–Kier alpha value is -2.53. The molecule has 1 unspecified atom stereocenters. The largest absolute Gasteiger partial charge is 0.491 e. The van der Waals surface area contributed by atoms with Gasteiger partial charge < -0.3 is 24.2 Å². The van der Waals surface area contributed by atoms with Crippen molar-refractivity contribution in [3.63, 3.8) is 0 Å². The van der Waals surface area contributed by atoms with Crippen LogP contribution in [0.1, 0.15) is 20.3 Å². The molecule has 1 N–H and O–H groups in total. The van der Waals surface area contributed by atoms with E-state index in [0.29, 0.717) is 32.9 Å². The molecule has 0 amide bonds. The quantitative estimate of drug-likeness (QED) is 0.301. The van der Waals surface area contributed by atoms with Crippen molar-refractivity contribution in [1.82, 2.24) is 19.7 Å². The zero-order chi connectivity index (χ0) is 25.7. The fraction of sp³-hybridized carbons (Fsp3) is 0.577. The van der Waals surface area contributed by atoms with E-state index in [1.807, 2.05) is 42.8 Å². The van der Waals surface area contributed by atoms with Gasteiger partial charge in [-0.2, -0.15) is 5.10 Å². The molecule has 1 saturated heterocycles. The van der Waals surface area contributed by atoms with Crippen LogP contribution in [0, 0.1) is 0 Å². The van der Waals surface area contributed by atoms with E-state index in [0.717, 1.165) is 46.4 Å². The second kappa shape index (κ2) is 11.7. The number of morpholine rings is 1. The van der Waals surface area contributed by atoms with Gasteiger partial charge in [-0.3, -0.25) is 0 Å². The van der Waals surface area contributed by atoms with Gasteiger partial charge in [0.1, 0.15) is 24.6 Å². The molecule has 1 aliphatic heterocycles. The van der Waals surface area contributed by atoms with Gasteiger partial charge in [0.15, 0.2) is 0 Å². The lowest BCUT2D eigenvalue weighted by molar-refractivity contribution is 0.0244. The number of hydrogen-bond donors (Lipinski definition) is 1. The molecule has 1 fully saturated rings. The van der Waals surface area contributed by atoms with Crippen LogP contribution in [0.4, 0.5) is 5.82 Å². The van der Waals surface area contributed by atoms with Crippen molar-refractivity contribution in [1.29, 1.82) is 0 Å². The van der Waals surface area contributed by atoms with E-state index in [9.17, 15) is 5.11 Å². The standard InChI is InChI=1S/C26H39N5O4Si/c1-19(2)35-20-6-7-23-22(14-20)26(31(29-23)18-33-12-13-36(3,4)5)24-15-25(28-17-27-24)30-9-11-34-21(16-30)8-10-32/h6-7,14-15,17,19,21,32H,8-13,16,18H2,1-5H3. The van der Waals surface area contributed by atoms with Gasteiger partial charge in [0.05, 0.1) is 35.7 Å². The second-order valence-corrected chi connectivity index (χ2v) is 16.4. The number of benzene rings is 1. The number of anilines is 1. The number of ether oxygens (including phenoxy) is 3. The van der Waals surface area contributed by atoms with Crippen LogP contribution in [0.2, 0.25) is 25.7 Å². The molecular weight excluding hydrogens is 474 g/mol. The minimum absolute atomic E-state index is 0.0102. The molecule has 9 nitrogen and oxygen atoms in total. The summed E-state index contributed by atoms with van der Waals surface area (Å²) in [6.45, 7) is 14.3.